The van der Waals surface area contributed by atoms with Gasteiger partial charge in [-0.15, -0.1) is 0 Å². The van der Waals surface area contributed by atoms with Crippen LogP contribution in [0.25, 0.3) is 0 Å². The number of piperazine rings is 1. The fraction of sp³-hybridized carbons (Fsp3) is 1.00. The number of rotatable bonds is 7. The quantitative estimate of drug-likeness (QED) is 0.699. The van der Waals surface area contributed by atoms with E-state index in [2.05, 4.69) is 11.8 Å². The highest BCUT2D eigenvalue weighted by atomic mass is 32.2. The van der Waals surface area contributed by atoms with Crippen LogP contribution in [0.1, 0.15) is 39.5 Å². The summed E-state index contributed by atoms with van der Waals surface area (Å²) in [6.45, 7) is 8.46. The summed E-state index contributed by atoms with van der Waals surface area (Å²) < 4.78 is 25.6. The van der Waals surface area contributed by atoms with Crippen LogP contribution in [0.5, 0.6) is 0 Å². The van der Waals surface area contributed by atoms with Crippen molar-refractivity contribution in [1.29, 1.82) is 0 Å². The van der Waals surface area contributed by atoms with E-state index in [4.69, 9.17) is 0 Å². The lowest BCUT2D eigenvalue weighted by molar-refractivity contribution is 0.186. The molecular formula is C12H26N2O2S. The van der Waals surface area contributed by atoms with Crippen molar-refractivity contribution in [3.8, 4) is 0 Å². The maximum absolute atomic E-state index is 12.0. The van der Waals surface area contributed by atoms with Crippen LogP contribution in [0.3, 0.4) is 0 Å². The predicted molar refractivity (Wildman–Crippen MR) is 71.6 cm³/mol. The number of nitrogens with zero attached hydrogens (tertiary/aromatic N) is 2. The molecule has 1 aliphatic heterocycles. The molecule has 1 aliphatic rings. The Morgan fingerprint density at radius 2 is 1.53 bits per heavy atom. The van der Waals surface area contributed by atoms with E-state index in [0.29, 0.717) is 18.8 Å². The predicted octanol–water partition coefficient (Wildman–Crippen LogP) is 1.53. The molecule has 0 aromatic rings. The second-order valence-corrected chi connectivity index (χ2v) is 6.85. The Hall–Kier alpha value is -0.130. The van der Waals surface area contributed by atoms with Gasteiger partial charge in [0.05, 0.1) is 5.75 Å². The van der Waals surface area contributed by atoms with Crippen molar-refractivity contribution in [1.82, 2.24) is 9.21 Å². The van der Waals surface area contributed by atoms with Crippen LogP contribution in [0.15, 0.2) is 0 Å². The molecule has 17 heavy (non-hydrogen) atoms. The summed E-state index contributed by atoms with van der Waals surface area (Å²) in [6.07, 6.45) is 4.13. The van der Waals surface area contributed by atoms with E-state index in [0.717, 1.165) is 32.5 Å². The third-order valence-corrected chi connectivity index (χ3v) is 5.26. The molecular weight excluding hydrogens is 236 g/mol. The zero-order valence-corrected chi connectivity index (χ0v) is 12.0. The molecule has 0 spiro atoms. The molecule has 0 aromatic carbocycles. The number of sulfonamides is 1. The van der Waals surface area contributed by atoms with Gasteiger partial charge < -0.3 is 4.90 Å². The van der Waals surface area contributed by atoms with Crippen molar-refractivity contribution < 1.29 is 8.42 Å². The molecule has 1 heterocycles. The Kier molecular flexibility index (Phi) is 6.44. The van der Waals surface area contributed by atoms with Gasteiger partial charge in [-0.1, -0.05) is 26.7 Å². The maximum atomic E-state index is 12.0. The van der Waals surface area contributed by atoms with Crippen molar-refractivity contribution in [2.45, 2.75) is 39.5 Å². The number of hydrogen-bond donors (Lipinski definition) is 0. The van der Waals surface area contributed by atoms with Crippen molar-refractivity contribution in [3.63, 3.8) is 0 Å². The second-order valence-electron chi connectivity index (χ2n) is 4.76. The first kappa shape index (κ1) is 14.9. The van der Waals surface area contributed by atoms with Gasteiger partial charge in [0, 0.05) is 26.2 Å². The molecule has 1 fully saturated rings. The minimum Gasteiger partial charge on any atom is -0.301 e. The average molecular weight is 262 g/mol. The number of unbranched alkanes of at least 4 members (excludes halogenated alkanes) is 2. The van der Waals surface area contributed by atoms with Gasteiger partial charge in [0.2, 0.25) is 10.0 Å². The molecule has 5 heteroatoms. The molecule has 0 saturated carbocycles. The summed E-state index contributed by atoms with van der Waals surface area (Å²) >= 11 is 0. The molecule has 1 rings (SSSR count). The molecule has 4 nitrogen and oxygen atoms in total. The van der Waals surface area contributed by atoms with Crippen LogP contribution in [0, 0.1) is 0 Å². The first-order chi connectivity index (χ1) is 8.10. The monoisotopic (exact) mass is 262 g/mol. The van der Waals surface area contributed by atoms with Crippen LogP contribution in [-0.4, -0.2) is 56.1 Å². The lowest BCUT2D eigenvalue weighted by atomic mass is 10.3. The maximum Gasteiger partial charge on any atom is 0.214 e. The highest BCUT2D eigenvalue weighted by Gasteiger charge is 2.25. The highest BCUT2D eigenvalue weighted by molar-refractivity contribution is 7.89. The van der Waals surface area contributed by atoms with Gasteiger partial charge in [-0.05, 0) is 19.4 Å². The molecule has 0 radical (unpaired) electrons. The largest absolute Gasteiger partial charge is 0.301 e. The normalized spacial score (nSPS) is 19.6. The Morgan fingerprint density at radius 1 is 0.941 bits per heavy atom. The first-order valence-electron chi connectivity index (χ1n) is 6.80. The van der Waals surface area contributed by atoms with Crippen LogP contribution in [0.4, 0.5) is 0 Å². The van der Waals surface area contributed by atoms with E-state index in [1.165, 1.54) is 12.8 Å². The Balaban J connectivity index is 2.35. The van der Waals surface area contributed by atoms with Crippen LogP contribution < -0.4 is 0 Å². The third kappa shape index (κ3) is 4.94. The summed E-state index contributed by atoms with van der Waals surface area (Å²) in [5.41, 5.74) is 0. The van der Waals surface area contributed by atoms with Crippen molar-refractivity contribution >= 4 is 10.0 Å². The smallest absolute Gasteiger partial charge is 0.214 e. The molecule has 0 aromatic heterocycles. The van der Waals surface area contributed by atoms with E-state index in [1.54, 1.807) is 4.31 Å². The lowest BCUT2D eigenvalue weighted by Crippen LogP contribution is -2.49. The molecule has 0 bridgehead atoms. The van der Waals surface area contributed by atoms with Gasteiger partial charge in [0.25, 0.3) is 0 Å². The van der Waals surface area contributed by atoms with Crippen molar-refractivity contribution in [2.24, 2.45) is 0 Å². The van der Waals surface area contributed by atoms with Crippen molar-refractivity contribution in [2.75, 3.05) is 38.5 Å². The first-order valence-corrected chi connectivity index (χ1v) is 8.41. The Labute approximate surface area is 106 Å². The molecule has 0 unspecified atom stereocenters. The SMILES string of the molecule is CCCCN1CCN(S(=O)(=O)CCCC)CC1. The van der Waals surface area contributed by atoms with Crippen LogP contribution in [-0.2, 0) is 10.0 Å². The van der Waals surface area contributed by atoms with E-state index >= 15 is 0 Å². The van der Waals surface area contributed by atoms with E-state index in [-0.39, 0.29) is 0 Å². The average Bonchev–Trinajstić information content (AvgIpc) is 2.34. The molecule has 0 N–H and O–H groups in total. The molecule has 102 valence electrons. The van der Waals surface area contributed by atoms with Crippen LogP contribution >= 0.6 is 0 Å². The van der Waals surface area contributed by atoms with Crippen molar-refractivity contribution in [3.05, 3.63) is 0 Å². The molecule has 0 atom stereocenters. The zero-order chi connectivity index (χ0) is 12.7. The lowest BCUT2D eigenvalue weighted by Gasteiger charge is -2.33. The Morgan fingerprint density at radius 3 is 2.06 bits per heavy atom. The van der Waals surface area contributed by atoms with Gasteiger partial charge in [-0.3, -0.25) is 0 Å². The summed E-state index contributed by atoms with van der Waals surface area (Å²) in [4.78, 5) is 2.37. The summed E-state index contributed by atoms with van der Waals surface area (Å²) in [5, 5.41) is 0. The fourth-order valence-electron chi connectivity index (χ4n) is 2.07. The minimum absolute atomic E-state index is 0.318. The highest BCUT2D eigenvalue weighted by Crippen LogP contribution is 2.10. The number of hydrogen-bond acceptors (Lipinski definition) is 3. The van der Waals surface area contributed by atoms with E-state index < -0.39 is 10.0 Å². The van der Waals surface area contributed by atoms with Crippen LogP contribution in [0.2, 0.25) is 0 Å². The summed E-state index contributed by atoms with van der Waals surface area (Å²) in [7, 11) is -2.98. The van der Waals surface area contributed by atoms with Gasteiger partial charge in [-0.2, -0.15) is 4.31 Å². The van der Waals surface area contributed by atoms with E-state index in [1.807, 2.05) is 6.92 Å². The molecule has 0 amide bonds. The fourth-order valence-corrected chi connectivity index (χ4v) is 3.70. The van der Waals surface area contributed by atoms with Gasteiger partial charge in [-0.25, -0.2) is 8.42 Å². The topological polar surface area (TPSA) is 40.6 Å². The zero-order valence-electron chi connectivity index (χ0n) is 11.2. The minimum atomic E-state index is -2.98. The van der Waals surface area contributed by atoms with E-state index in [9.17, 15) is 8.42 Å². The molecule has 1 saturated heterocycles. The third-order valence-electron chi connectivity index (χ3n) is 3.31. The summed E-state index contributed by atoms with van der Waals surface area (Å²) in [5.74, 6) is 0.318. The second kappa shape index (κ2) is 7.34. The Bertz CT molecular complexity index is 296. The molecule has 0 aliphatic carbocycles. The van der Waals surface area contributed by atoms with Gasteiger partial charge >= 0.3 is 0 Å². The standard InChI is InChI=1S/C12H26N2O2S/c1-3-5-7-13-8-10-14(11-9-13)17(15,16)12-6-4-2/h3-12H2,1-2H3. The summed E-state index contributed by atoms with van der Waals surface area (Å²) in [6, 6.07) is 0. The van der Waals surface area contributed by atoms with Gasteiger partial charge in [0.1, 0.15) is 0 Å². The van der Waals surface area contributed by atoms with Gasteiger partial charge in [0.15, 0.2) is 0 Å².